The molecule has 0 spiro atoms. The van der Waals surface area contributed by atoms with Crippen LogP contribution >= 0.6 is 15.9 Å². The molecule has 1 rings (SSSR count). The van der Waals surface area contributed by atoms with Crippen molar-refractivity contribution in [3.8, 4) is 0 Å². The number of carbonyl (C=O) groups is 1. The number of ketones is 1. The van der Waals surface area contributed by atoms with Gasteiger partial charge in [-0.1, -0.05) is 19.4 Å². The van der Waals surface area contributed by atoms with Gasteiger partial charge in [0.2, 0.25) is 0 Å². The highest BCUT2D eigenvalue weighted by Crippen LogP contribution is 2.17. The van der Waals surface area contributed by atoms with Crippen molar-refractivity contribution in [2.75, 3.05) is 0 Å². The number of hydrogen-bond acceptors (Lipinski definition) is 2. The van der Waals surface area contributed by atoms with Gasteiger partial charge < -0.3 is 5.73 Å². The molecular weight excluding hydrogens is 285 g/mol. The van der Waals surface area contributed by atoms with E-state index in [1.54, 1.807) is 12.1 Å². The van der Waals surface area contributed by atoms with Gasteiger partial charge in [0.1, 0.15) is 11.6 Å². The third-order valence-corrected chi connectivity index (χ3v) is 3.14. The number of carbonyl (C=O) groups excluding carboxylic acids is 1. The second-order valence-corrected chi connectivity index (χ2v) is 5.07. The average Bonchev–Trinajstić information content (AvgIpc) is 2.23. The van der Waals surface area contributed by atoms with E-state index in [2.05, 4.69) is 15.9 Å². The minimum Gasteiger partial charge on any atom is -0.327 e. The Morgan fingerprint density at radius 1 is 1.53 bits per heavy atom. The van der Waals surface area contributed by atoms with E-state index in [0.29, 0.717) is 17.3 Å². The molecule has 0 aliphatic carbocycles. The summed E-state index contributed by atoms with van der Waals surface area (Å²) in [5.41, 5.74) is 6.61. The largest absolute Gasteiger partial charge is 0.327 e. The summed E-state index contributed by atoms with van der Waals surface area (Å²) in [4.78, 5) is 11.7. The summed E-state index contributed by atoms with van der Waals surface area (Å²) in [5.74, 6) is -0.214. The molecule has 0 amide bonds. The molecule has 0 fully saturated rings. The second-order valence-electron chi connectivity index (χ2n) is 4.22. The van der Waals surface area contributed by atoms with E-state index in [0.717, 1.165) is 18.4 Å². The van der Waals surface area contributed by atoms with Crippen molar-refractivity contribution >= 4 is 21.7 Å². The molecule has 0 aliphatic rings. The van der Waals surface area contributed by atoms with Gasteiger partial charge in [0.15, 0.2) is 0 Å². The smallest absolute Gasteiger partial charge is 0.138 e. The van der Waals surface area contributed by atoms with E-state index in [1.807, 2.05) is 6.92 Å². The number of halogens is 2. The normalized spacial score (nSPS) is 12.5. The summed E-state index contributed by atoms with van der Waals surface area (Å²) >= 11 is 3.10. The van der Waals surface area contributed by atoms with Crippen LogP contribution in [0.15, 0.2) is 22.7 Å². The van der Waals surface area contributed by atoms with Crippen LogP contribution in [-0.4, -0.2) is 11.8 Å². The summed E-state index contributed by atoms with van der Waals surface area (Å²) in [5, 5.41) is 0. The van der Waals surface area contributed by atoms with Gasteiger partial charge in [-0.3, -0.25) is 4.79 Å². The number of Topliss-reactive ketones (excluding diaryl/α,β-unsaturated/α-hetero) is 1. The van der Waals surface area contributed by atoms with Crippen molar-refractivity contribution in [3.05, 3.63) is 34.1 Å². The lowest BCUT2D eigenvalue weighted by Gasteiger charge is -2.09. The summed E-state index contributed by atoms with van der Waals surface area (Å²) in [6.07, 6.45) is 2.55. The quantitative estimate of drug-likeness (QED) is 0.877. The van der Waals surface area contributed by atoms with Gasteiger partial charge in [-0.25, -0.2) is 4.39 Å². The predicted molar refractivity (Wildman–Crippen MR) is 70.3 cm³/mol. The predicted octanol–water partition coefficient (Wildman–Crippen LogP) is 3.22. The molecule has 0 aromatic heterocycles. The molecule has 0 heterocycles. The number of benzene rings is 1. The maximum atomic E-state index is 13.0. The number of rotatable bonds is 6. The lowest BCUT2D eigenvalue weighted by Crippen LogP contribution is -2.24. The minimum absolute atomic E-state index is 0.0589. The second kappa shape index (κ2) is 6.87. The Balaban J connectivity index is 2.53. The third-order valence-electron chi connectivity index (χ3n) is 2.53. The van der Waals surface area contributed by atoms with E-state index in [-0.39, 0.29) is 17.6 Å². The molecule has 2 N–H and O–H groups in total. The summed E-state index contributed by atoms with van der Waals surface area (Å²) < 4.78 is 13.4. The van der Waals surface area contributed by atoms with Crippen LogP contribution < -0.4 is 5.73 Å². The molecule has 0 bridgehead atoms. The molecule has 2 nitrogen and oxygen atoms in total. The van der Waals surface area contributed by atoms with E-state index >= 15 is 0 Å². The Hall–Kier alpha value is -0.740. The molecule has 0 radical (unpaired) electrons. The fourth-order valence-corrected chi connectivity index (χ4v) is 2.14. The highest BCUT2D eigenvalue weighted by Gasteiger charge is 2.10. The monoisotopic (exact) mass is 301 g/mol. The van der Waals surface area contributed by atoms with Crippen LogP contribution in [0.4, 0.5) is 4.39 Å². The van der Waals surface area contributed by atoms with Gasteiger partial charge in [-0.05, 0) is 40.0 Å². The Kier molecular flexibility index (Phi) is 5.78. The van der Waals surface area contributed by atoms with Crippen LogP contribution in [0.3, 0.4) is 0 Å². The molecule has 1 aromatic carbocycles. The Labute approximate surface area is 110 Å². The maximum Gasteiger partial charge on any atom is 0.138 e. The molecule has 0 saturated heterocycles. The molecule has 0 aliphatic heterocycles. The topological polar surface area (TPSA) is 43.1 Å². The number of hydrogen-bond donors (Lipinski definition) is 1. The molecule has 4 heteroatoms. The zero-order valence-corrected chi connectivity index (χ0v) is 11.5. The summed E-state index contributed by atoms with van der Waals surface area (Å²) in [6, 6.07) is 4.57. The van der Waals surface area contributed by atoms with Crippen LogP contribution in [-0.2, 0) is 11.2 Å². The van der Waals surface area contributed by atoms with Gasteiger partial charge >= 0.3 is 0 Å². The number of nitrogens with two attached hydrogens (primary N) is 1. The highest BCUT2D eigenvalue weighted by atomic mass is 79.9. The first-order chi connectivity index (χ1) is 8.02. The SMILES string of the molecule is CCCC(N)CC(=O)Cc1ccc(F)c(Br)c1. The van der Waals surface area contributed by atoms with Crippen molar-refractivity contribution < 1.29 is 9.18 Å². The van der Waals surface area contributed by atoms with Gasteiger partial charge in [0, 0.05) is 18.9 Å². The zero-order chi connectivity index (χ0) is 12.8. The highest BCUT2D eigenvalue weighted by molar-refractivity contribution is 9.10. The van der Waals surface area contributed by atoms with E-state index in [9.17, 15) is 9.18 Å². The fourth-order valence-electron chi connectivity index (χ4n) is 1.71. The van der Waals surface area contributed by atoms with Gasteiger partial charge in [-0.2, -0.15) is 0 Å². The van der Waals surface area contributed by atoms with E-state index in [1.165, 1.54) is 6.07 Å². The first kappa shape index (κ1) is 14.3. The molecule has 94 valence electrons. The summed E-state index contributed by atoms with van der Waals surface area (Å²) in [7, 11) is 0. The molecule has 1 aromatic rings. The molecular formula is C13H17BrFNO. The van der Waals surface area contributed by atoms with Crippen LogP contribution in [0, 0.1) is 5.82 Å². The zero-order valence-electron chi connectivity index (χ0n) is 9.88. The van der Waals surface area contributed by atoms with Crippen molar-refractivity contribution in [2.45, 2.75) is 38.6 Å². The van der Waals surface area contributed by atoms with Crippen molar-refractivity contribution in [2.24, 2.45) is 5.73 Å². The summed E-state index contributed by atoms with van der Waals surface area (Å²) in [6.45, 7) is 2.04. The first-order valence-electron chi connectivity index (χ1n) is 5.74. The van der Waals surface area contributed by atoms with Crippen LogP contribution in [0.1, 0.15) is 31.7 Å². The maximum absolute atomic E-state index is 13.0. The fraction of sp³-hybridized carbons (Fsp3) is 0.462. The van der Waals surface area contributed by atoms with Gasteiger partial charge in [-0.15, -0.1) is 0 Å². The third kappa shape index (κ3) is 4.96. The first-order valence-corrected chi connectivity index (χ1v) is 6.53. The van der Waals surface area contributed by atoms with Crippen molar-refractivity contribution in [1.29, 1.82) is 0 Å². The Bertz CT molecular complexity index is 395. The Morgan fingerprint density at radius 2 is 2.24 bits per heavy atom. The van der Waals surface area contributed by atoms with E-state index < -0.39 is 0 Å². The van der Waals surface area contributed by atoms with Crippen LogP contribution in [0.25, 0.3) is 0 Å². The Morgan fingerprint density at radius 3 is 2.82 bits per heavy atom. The standard InChI is InChI=1S/C13H17BrFNO/c1-2-3-10(16)8-11(17)6-9-4-5-13(15)12(14)7-9/h4-5,7,10H,2-3,6,8,16H2,1H3. The lowest BCUT2D eigenvalue weighted by molar-refractivity contribution is -0.118. The minimum atomic E-state index is -0.316. The molecule has 17 heavy (non-hydrogen) atoms. The molecule has 0 saturated carbocycles. The van der Waals surface area contributed by atoms with Crippen molar-refractivity contribution in [1.82, 2.24) is 0 Å². The average molecular weight is 302 g/mol. The molecule has 1 unspecified atom stereocenters. The van der Waals surface area contributed by atoms with Gasteiger partial charge in [0.25, 0.3) is 0 Å². The van der Waals surface area contributed by atoms with Crippen LogP contribution in [0.2, 0.25) is 0 Å². The molecule has 1 atom stereocenters. The van der Waals surface area contributed by atoms with E-state index in [4.69, 9.17) is 5.73 Å². The van der Waals surface area contributed by atoms with Crippen LogP contribution in [0.5, 0.6) is 0 Å². The van der Waals surface area contributed by atoms with Gasteiger partial charge in [0.05, 0.1) is 4.47 Å². The lowest BCUT2D eigenvalue weighted by atomic mass is 10.0. The van der Waals surface area contributed by atoms with Crippen molar-refractivity contribution in [3.63, 3.8) is 0 Å².